The van der Waals surface area contributed by atoms with Gasteiger partial charge in [-0.1, -0.05) is 25.7 Å². The second-order valence-corrected chi connectivity index (χ2v) is 4.24. The zero-order valence-corrected chi connectivity index (χ0v) is 8.97. The number of nitrogens with zero attached hydrogens (tertiary/aromatic N) is 1. The number of hydrogen-bond donors (Lipinski definition) is 1. The van der Waals surface area contributed by atoms with Crippen LogP contribution in [0, 0.1) is 0 Å². The molecule has 13 heavy (non-hydrogen) atoms. The van der Waals surface area contributed by atoms with Gasteiger partial charge in [0.25, 0.3) is 0 Å². The quantitative estimate of drug-likeness (QED) is 0.711. The molecule has 0 aliphatic carbocycles. The molecule has 1 aliphatic heterocycles. The van der Waals surface area contributed by atoms with Gasteiger partial charge in [0.2, 0.25) is 0 Å². The lowest BCUT2D eigenvalue weighted by Crippen LogP contribution is -2.39. The summed E-state index contributed by atoms with van der Waals surface area (Å²) in [6.45, 7) is 5.58. The first-order chi connectivity index (χ1) is 6.34. The molecule has 1 aliphatic rings. The fourth-order valence-electron chi connectivity index (χ4n) is 2.04. The fraction of sp³-hybridized carbons (Fsp3) is 1.00. The van der Waals surface area contributed by atoms with Crippen molar-refractivity contribution in [3.8, 4) is 0 Å². The summed E-state index contributed by atoms with van der Waals surface area (Å²) in [6.07, 6.45) is 8.42. The monoisotopic (exact) mass is 184 g/mol. The third-order valence-corrected chi connectivity index (χ3v) is 3.11. The second-order valence-electron chi connectivity index (χ2n) is 4.24. The maximum Gasteiger partial charge on any atom is 0.0190 e. The molecule has 1 saturated heterocycles. The van der Waals surface area contributed by atoms with Crippen molar-refractivity contribution in [2.45, 2.75) is 51.5 Å². The molecule has 0 bridgehead atoms. The molecule has 0 aromatic rings. The van der Waals surface area contributed by atoms with E-state index in [9.17, 15) is 0 Å². The lowest BCUT2D eigenvalue weighted by Gasteiger charge is -2.27. The Morgan fingerprint density at radius 1 is 1.00 bits per heavy atom. The molecule has 1 unspecified atom stereocenters. The summed E-state index contributed by atoms with van der Waals surface area (Å²) in [7, 11) is 0. The molecule has 2 heteroatoms. The molecule has 1 atom stereocenters. The van der Waals surface area contributed by atoms with E-state index >= 15 is 0 Å². The van der Waals surface area contributed by atoms with Gasteiger partial charge in [-0.2, -0.15) is 0 Å². The van der Waals surface area contributed by atoms with Gasteiger partial charge in [0.15, 0.2) is 0 Å². The predicted molar refractivity (Wildman–Crippen MR) is 57.8 cm³/mol. The van der Waals surface area contributed by atoms with Gasteiger partial charge < -0.3 is 5.73 Å². The Labute approximate surface area is 82.5 Å². The Bertz CT molecular complexity index is 115. The molecular weight excluding hydrogens is 160 g/mol. The summed E-state index contributed by atoms with van der Waals surface area (Å²) in [4.78, 5) is 2.56. The third kappa shape index (κ3) is 4.10. The summed E-state index contributed by atoms with van der Waals surface area (Å²) in [5.74, 6) is 0. The normalized spacial score (nSPS) is 24.5. The van der Waals surface area contributed by atoms with Gasteiger partial charge >= 0.3 is 0 Å². The average molecular weight is 184 g/mol. The van der Waals surface area contributed by atoms with Crippen LogP contribution in [-0.2, 0) is 0 Å². The summed E-state index contributed by atoms with van der Waals surface area (Å²) < 4.78 is 0. The maximum atomic E-state index is 5.69. The lowest BCUT2D eigenvalue weighted by molar-refractivity contribution is 0.209. The zero-order chi connectivity index (χ0) is 9.52. The summed E-state index contributed by atoms with van der Waals surface area (Å²) in [5.41, 5.74) is 5.69. The van der Waals surface area contributed by atoms with Crippen LogP contribution in [-0.4, -0.2) is 30.6 Å². The van der Waals surface area contributed by atoms with E-state index in [1.807, 2.05) is 0 Å². The maximum absolute atomic E-state index is 5.69. The molecular formula is C11H24N2. The topological polar surface area (TPSA) is 29.3 Å². The molecule has 2 N–H and O–H groups in total. The summed E-state index contributed by atoms with van der Waals surface area (Å²) >= 11 is 0. The molecule has 0 spiro atoms. The van der Waals surface area contributed by atoms with E-state index in [-0.39, 0.29) is 0 Å². The fourth-order valence-corrected chi connectivity index (χ4v) is 2.04. The van der Waals surface area contributed by atoms with Crippen molar-refractivity contribution in [2.75, 3.05) is 19.6 Å². The Hall–Kier alpha value is -0.0800. The van der Waals surface area contributed by atoms with Crippen LogP contribution in [0.4, 0.5) is 0 Å². The molecule has 78 valence electrons. The van der Waals surface area contributed by atoms with Crippen LogP contribution in [0.25, 0.3) is 0 Å². The van der Waals surface area contributed by atoms with Gasteiger partial charge in [0, 0.05) is 12.6 Å². The van der Waals surface area contributed by atoms with Crippen molar-refractivity contribution in [3.63, 3.8) is 0 Å². The van der Waals surface area contributed by atoms with Crippen molar-refractivity contribution >= 4 is 0 Å². The van der Waals surface area contributed by atoms with E-state index in [0.29, 0.717) is 6.04 Å². The molecule has 0 aromatic heterocycles. The van der Waals surface area contributed by atoms with Crippen LogP contribution >= 0.6 is 0 Å². The third-order valence-electron chi connectivity index (χ3n) is 3.11. The highest BCUT2D eigenvalue weighted by atomic mass is 15.2. The van der Waals surface area contributed by atoms with Crippen LogP contribution in [0.15, 0.2) is 0 Å². The van der Waals surface area contributed by atoms with Gasteiger partial charge in [-0.25, -0.2) is 0 Å². The van der Waals surface area contributed by atoms with Crippen LogP contribution in [0.2, 0.25) is 0 Å². The minimum Gasteiger partial charge on any atom is -0.329 e. The molecule has 0 saturated carbocycles. The van der Waals surface area contributed by atoms with E-state index in [1.165, 1.54) is 51.6 Å². The standard InChI is InChI=1S/C11H24N2/c1-11(10-12)13-8-6-4-2-3-5-7-9-13/h11H,2-10,12H2,1H3. The van der Waals surface area contributed by atoms with E-state index in [2.05, 4.69) is 11.8 Å². The molecule has 1 rings (SSSR count). The minimum absolute atomic E-state index is 0.582. The second kappa shape index (κ2) is 6.39. The first kappa shape index (κ1) is 11.0. The van der Waals surface area contributed by atoms with E-state index in [1.54, 1.807) is 0 Å². The Morgan fingerprint density at radius 3 is 1.92 bits per heavy atom. The van der Waals surface area contributed by atoms with Crippen LogP contribution in [0.5, 0.6) is 0 Å². The summed E-state index contributed by atoms with van der Waals surface area (Å²) in [5, 5.41) is 0. The van der Waals surface area contributed by atoms with Crippen molar-refractivity contribution in [3.05, 3.63) is 0 Å². The zero-order valence-electron chi connectivity index (χ0n) is 8.97. The van der Waals surface area contributed by atoms with Crippen LogP contribution in [0.1, 0.15) is 45.4 Å². The largest absolute Gasteiger partial charge is 0.329 e. The van der Waals surface area contributed by atoms with E-state index in [0.717, 1.165) is 6.54 Å². The van der Waals surface area contributed by atoms with Crippen molar-refractivity contribution in [1.82, 2.24) is 4.90 Å². The minimum atomic E-state index is 0.582. The predicted octanol–water partition coefficient (Wildman–Crippen LogP) is 1.99. The Balaban J connectivity index is 2.31. The first-order valence-corrected chi connectivity index (χ1v) is 5.78. The molecule has 0 aromatic carbocycles. The van der Waals surface area contributed by atoms with Gasteiger partial charge in [-0.05, 0) is 32.9 Å². The van der Waals surface area contributed by atoms with Crippen molar-refractivity contribution in [2.24, 2.45) is 5.73 Å². The average Bonchev–Trinajstić information content (AvgIpc) is 2.29. The van der Waals surface area contributed by atoms with E-state index in [4.69, 9.17) is 5.73 Å². The first-order valence-electron chi connectivity index (χ1n) is 5.78. The smallest absolute Gasteiger partial charge is 0.0190 e. The van der Waals surface area contributed by atoms with Crippen LogP contribution < -0.4 is 5.73 Å². The van der Waals surface area contributed by atoms with Gasteiger partial charge in [-0.15, -0.1) is 0 Å². The van der Waals surface area contributed by atoms with Gasteiger partial charge in [0.1, 0.15) is 0 Å². The Kier molecular flexibility index (Phi) is 5.40. The van der Waals surface area contributed by atoms with Gasteiger partial charge in [-0.3, -0.25) is 4.90 Å². The van der Waals surface area contributed by atoms with Gasteiger partial charge in [0.05, 0.1) is 0 Å². The molecule has 1 heterocycles. The number of nitrogens with two attached hydrogens (primary N) is 1. The highest BCUT2D eigenvalue weighted by Gasteiger charge is 2.12. The molecule has 1 fully saturated rings. The van der Waals surface area contributed by atoms with Crippen LogP contribution in [0.3, 0.4) is 0 Å². The van der Waals surface area contributed by atoms with E-state index < -0.39 is 0 Å². The Morgan fingerprint density at radius 2 is 1.46 bits per heavy atom. The molecule has 0 radical (unpaired) electrons. The molecule has 0 amide bonds. The van der Waals surface area contributed by atoms with Crippen molar-refractivity contribution in [1.29, 1.82) is 0 Å². The SMILES string of the molecule is CC(CN)N1CCCCCCCC1. The highest BCUT2D eigenvalue weighted by molar-refractivity contribution is 4.69. The number of hydrogen-bond acceptors (Lipinski definition) is 2. The summed E-state index contributed by atoms with van der Waals surface area (Å²) in [6, 6.07) is 0.582. The molecule has 2 nitrogen and oxygen atoms in total. The highest BCUT2D eigenvalue weighted by Crippen LogP contribution is 2.12. The van der Waals surface area contributed by atoms with Crippen molar-refractivity contribution < 1.29 is 0 Å². The number of rotatable bonds is 2. The lowest BCUT2D eigenvalue weighted by atomic mass is 10.1.